The molecule has 1 N–H and O–H groups in total. The Labute approximate surface area is 126 Å². The van der Waals surface area contributed by atoms with E-state index in [4.69, 9.17) is 9.47 Å². The van der Waals surface area contributed by atoms with Crippen molar-refractivity contribution in [1.29, 1.82) is 0 Å². The monoisotopic (exact) mass is 291 g/mol. The fourth-order valence-electron chi connectivity index (χ4n) is 3.44. The second-order valence-corrected chi connectivity index (χ2v) is 6.58. The maximum Gasteiger partial charge on any atom is 0.168 e. The molecule has 1 saturated heterocycles. The van der Waals surface area contributed by atoms with Gasteiger partial charge in [0.25, 0.3) is 0 Å². The van der Waals surface area contributed by atoms with Crippen LogP contribution < -0.4 is 0 Å². The molecule has 2 aliphatic rings. The Morgan fingerprint density at radius 2 is 1.76 bits per heavy atom. The van der Waals surface area contributed by atoms with Gasteiger partial charge in [-0.3, -0.25) is 0 Å². The Balaban J connectivity index is 1.74. The third-order valence-corrected chi connectivity index (χ3v) is 4.62. The van der Waals surface area contributed by atoms with Crippen LogP contribution in [-0.4, -0.2) is 43.1 Å². The molecule has 3 rings (SSSR count). The minimum absolute atomic E-state index is 0.423. The average Bonchev–Trinajstić information content (AvgIpc) is 2.91. The molecule has 0 unspecified atom stereocenters. The van der Waals surface area contributed by atoms with Crippen molar-refractivity contribution in [2.45, 2.75) is 43.6 Å². The summed E-state index contributed by atoms with van der Waals surface area (Å²) in [5, 5.41) is 11.0. The molecule has 0 bridgehead atoms. The van der Waals surface area contributed by atoms with Gasteiger partial charge in [-0.15, -0.1) is 0 Å². The van der Waals surface area contributed by atoms with E-state index < -0.39 is 11.4 Å². The van der Waals surface area contributed by atoms with Gasteiger partial charge >= 0.3 is 0 Å². The molecule has 4 heteroatoms. The quantitative estimate of drug-likeness (QED) is 0.927. The summed E-state index contributed by atoms with van der Waals surface area (Å²) in [6, 6.07) is 8.32. The predicted octanol–water partition coefficient (Wildman–Crippen LogP) is 2.25. The van der Waals surface area contributed by atoms with Crippen LogP contribution in [-0.2, 0) is 21.6 Å². The lowest BCUT2D eigenvalue weighted by molar-refractivity contribution is -0.204. The molecule has 1 aromatic rings. The van der Waals surface area contributed by atoms with Crippen molar-refractivity contribution >= 4 is 0 Å². The molecular formula is C17H25NO3. The minimum Gasteiger partial charge on any atom is -0.385 e. The highest BCUT2D eigenvalue weighted by atomic mass is 16.7. The Morgan fingerprint density at radius 1 is 1.10 bits per heavy atom. The summed E-state index contributed by atoms with van der Waals surface area (Å²) in [6.45, 7) is 2.24. The molecule has 1 heterocycles. The highest BCUT2D eigenvalue weighted by Crippen LogP contribution is 2.44. The van der Waals surface area contributed by atoms with E-state index in [1.165, 1.54) is 5.56 Å². The van der Waals surface area contributed by atoms with Crippen molar-refractivity contribution in [3.8, 4) is 0 Å². The summed E-state index contributed by atoms with van der Waals surface area (Å²) in [5.41, 5.74) is 1.51. The molecule has 1 spiro atoms. The molecule has 21 heavy (non-hydrogen) atoms. The summed E-state index contributed by atoms with van der Waals surface area (Å²) in [7, 11) is 4.11. The summed E-state index contributed by atoms with van der Waals surface area (Å²) < 4.78 is 11.5. The van der Waals surface area contributed by atoms with E-state index in [0.29, 0.717) is 26.1 Å². The molecule has 4 nitrogen and oxygen atoms in total. The molecule has 1 aliphatic carbocycles. The van der Waals surface area contributed by atoms with Gasteiger partial charge in [-0.25, -0.2) is 0 Å². The average molecular weight is 291 g/mol. The van der Waals surface area contributed by atoms with Crippen LogP contribution in [0.3, 0.4) is 0 Å². The highest BCUT2D eigenvalue weighted by Gasteiger charge is 2.46. The van der Waals surface area contributed by atoms with Crippen molar-refractivity contribution in [3.05, 3.63) is 35.4 Å². The fourth-order valence-corrected chi connectivity index (χ4v) is 3.44. The number of nitrogens with zero attached hydrogens (tertiary/aromatic N) is 1. The van der Waals surface area contributed by atoms with Gasteiger partial charge in [0.1, 0.15) is 0 Å². The summed E-state index contributed by atoms with van der Waals surface area (Å²) in [5.74, 6) is -0.423. The van der Waals surface area contributed by atoms with Gasteiger partial charge in [0.15, 0.2) is 5.79 Å². The lowest BCUT2D eigenvalue weighted by Crippen LogP contribution is -2.42. The van der Waals surface area contributed by atoms with E-state index in [-0.39, 0.29) is 0 Å². The fraction of sp³-hybridized carbons (Fsp3) is 0.647. The molecule has 0 aromatic heterocycles. The third-order valence-electron chi connectivity index (χ3n) is 4.62. The minimum atomic E-state index is -0.747. The van der Waals surface area contributed by atoms with E-state index in [9.17, 15) is 5.11 Å². The lowest BCUT2D eigenvalue weighted by Gasteiger charge is -2.41. The first-order chi connectivity index (χ1) is 10.0. The second kappa shape index (κ2) is 5.69. The van der Waals surface area contributed by atoms with Crippen LogP contribution in [0.15, 0.2) is 24.3 Å². The Hall–Kier alpha value is -0.940. The predicted molar refractivity (Wildman–Crippen MR) is 80.8 cm³/mol. The van der Waals surface area contributed by atoms with Crippen LogP contribution in [0.25, 0.3) is 0 Å². The molecule has 0 amide bonds. The number of aliphatic hydroxyl groups is 1. The van der Waals surface area contributed by atoms with Crippen molar-refractivity contribution in [1.82, 2.24) is 4.90 Å². The van der Waals surface area contributed by atoms with Crippen LogP contribution in [0, 0.1) is 0 Å². The second-order valence-electron chi connectivity index (χ2n) is 6.58. The zero-order valence-electron chi connectivity index (χ0n) is 13.0. The van der Waals surface area contributed by atoms with Gasteiger partial charge in [0, 0.05) is 19.4 Å². The number of hydrogen-bond acceptors (Lipinski definition) is 4. The van der Waals surface area contributed by atoms with Crippen molar-refractivity contribution in [2.24, 2.45) is 0 Å². The molecule has 1 aliphatic heterocycles. The zero-order valence-corrected chi connectivity index (χ0v) is 13.0. The number of hydrogen-bond donors (Lipinski definition) is 1. The summed E-state index contributed by atoms with van der Waals surface area (Å²) >= 11 is 0. The van der Waals surface area contributed by atoms with Gasteiger partial charge in [-0.05, 0) is 38.1 Å². The maximum atomic E-state index is 11.0. The van der Waals surface area contributed by atoms with E-state index in [0.717, 1.165) is 24.9 Å². The van der Waals surface area contributed by atoms with Crippen LogP contribution in [0.4, 0.5) is 0 Å². The van der Waals surface area contributed by atoms with Crippen molar-refractivity contribution in [2.75, 3.05) is 27.3 Å². The first-order valence-electron chi connectivity index (χ1n) is 7.76. The van der Waals surface area contributed by atoms with Gasteiger partial charge in [-0.2, -0.15) is 0 Å². The summed E-state index contributed by atoms with van der Waals surface area (Å²) in [6.07, 6.45) is 2.92. The Kier molecular flexibility index (Phi) is 4.06. The first-order valence-corrected chi connectivity index (χ1v) is 7.76. The van der Waals surface area contributed by atoms with Crippen molar-refractivity contribution < 1.29 is 14.6 Å². The van der Waals surface area contributed by atoms with Crippen LogP contribution in [0.5, 0.6) is 0 Å². The van der Waals surface area contributed by atoms with Gasteiger partial charge in [0.05, 0.1) is 18.8 Å². The first kappa shape index (κ1) is 15.0. The van der Waals surface area contributed by atoms with E-state index >= 15 is 0 Å². The SMILES string of the molecule is CN(C)Cc1cccc(C2(O)CCC3(CC2)OCCO3)c1. The highest BCUT2D eigenvalue weighted by molar-refractivity contribution is 5.29. The van der Waals surface area contributed by atoms with Gasteiger partial charge in [-0.1, -0.05) is 24.3 Å². The van der Waals surface area contributed by atoms with Crippen molar-refractivity contribution in [3.63, 3.8) is 0 Å². The van der Waals surface area contributed by atoms with Gasteiger partial charge < -0.3 is 19.5 Å². The molecule has 1 saturated carbocycles. The summed E-state index contributed by atoms with van der Waals surface area (Å²) in [4.78, 5) is 2.14. The Bertz CT molecular complexity index is 485. The number of ether oxygens (including phenoxy) is 2. The molecular weight excluding hydrogens is 266 g/mol. The van der Waals surface area contributed by atoms with Gasteiger partial charge in [0.2, 0.25) is 0 Å². The smallest absolute Gasteiger partial charge is 0.168 e. The van der Waals surface area contributed by atoms with E-state index in [1.807, 2.05) is 12.1 Å². The number of rotatable bonds is 3. The van der Waals surface area contributed by atoms with E-state index in [2.05, 4.69) is 31.1 Å². The van der Waals surface area contributed by atoms with E-state index in [1.54, 1.807) is 0 Å². The van der Waals surface area contributed by atoms with Crippen LogP contribution in [0.1, 0.15) is 36.8 Å². The molecule has 1 aromatic carbocycles. The maximum absolute atomic E-state index is 11.0. The molecule has 116 valence electrons. The standard InChI is InChI=1S/C17H25NO3/c1-18(2)13-14-4-3-5-15(12-14)16(19)6-8-17(9-7-16)20-10-11-21-17/h3-5,12,19H,6-11,13H2,1-2H3. The normalized spacial score (nSPS) is 23.8. The molecule has 2 fully saturated rings. The lowest BCUT2D eigenvalue weighted by atomic mass is 9.77. The van der Waals surface area contributed by atoms with Crippen LogP contribution >= 0.6 is 0 Å². The van der Waals surface area contributed by atoms with Crippen LogP contribution in [0.2, 0.25) is 0 Å². The third kappa shape index (κ3) is 3.14. The molecule has 0 radical (unpaired) electrons. The largest absolute Gasteiger partial charge is 0.385 e. The zero-order chi connectivity index (χ0) is 14.9. The topological polar surface area (TPSA) is 41.9 Å². The molecule has 0 atom stereocenters. The number of benzene rings is 1. The Morgan fingerprint density at radius 3 is 2.38 bits per heavy atom.